The number of halogens is 1. The summed E-state index contributed by atoms with van der Waals surface area (Å²) in [6.45, 7) is 8.40. The van der Waals surface area contributed by atoms with Gasteiger partial charge in [-0.15, -0.1) is 0 Å². The molecule has 0 saturated carbocycles. The molecule has 0 bridgehead atoms. The second-order valence-electron chi connectivity index (χ2n) is 4.66. The molecule has 0 saturated heterocycles. The highest BCUT2D eigenvalue weighted by molar-refractivity contribution is 5.47. The van der Waals surface area contributed by atoms with Gasteiger partial charge in [0.1, 0.15) is 5.82 Å². The molecule has 0 aliphatic heterocycles. The quantitative estimate of drug-likeness (QED) is 0.791. The van der Waals surface area contributed by atoms with Crippen molar-refractivity contribution < 1.29 is 4.39 Å². The highest BCUT2D eigenvalue weighted by Gasteiger charge is 2.07. The van der Waals surface area contributed by atoms with E-state index in [0.717, 1.165) is 12.0 Å². The smallest absolute Gasteiger partial charge is 0.146 e. The largest absolute Gasteiger partial charge is 0.380 e. The normalized spacial score (nSPS) is 12.9. The molecule has 1 N–H and O–H groups in total. The lowest BCUT2D eigenvalue weighted by molar-refractivity contribution is 0.536. The van der Waals surface area contributed by atoms with Crippen LogP contribution in [0, 0.1) is 18.7 Å². The van der Waals surface area contributed by atoms with Crippen molar-refractivity contribution in [3.63, 3.8) is 0 Å². The molecule has 0 heterocycles. The van der Waals surface area contributed by atoms with Gasteiger partial charge in [-0.2, -0.15) is 0 Å². The molecule has 1 unspecified atom stereocenters. The number of nitrogens with one attached hydrogen (secondary N) is 1. The second kappa shape index (κ2) is 5.15. The lowest BCUT2D eigenvalue weighted by Gasteiger charge is -2.18. The third-order valence-corrected chi connectivity index (χ3v) is 2.35. The van der Waals surface area contributed by atoms with Gasteiger partial charge in [0.15, 0.2) is 0 Å². The molecule has 0 fully saturated rings. The van der Waals surface area contributed by atoms with E-state index < -0.39 is 0 Å². The van der Waals surface area contributed by atoms with Crippen molar-refractivity contribution in [2.45, 2.75) is 40.2 Å². The molecule has 1 atom stereocenters. The van der Waals surface area contributed by atoms with Crippen molar-refractivity contribution in [3.05, 3.63) is 29.6 Å². The number of anilines is 1. The molecule has 0 aliphatic rings. The van der Waals surface area contributed by atoms with Gasteiger partial charge in [-0.3, -0.25) is 0 Å². The lowest BCUT2D eigenvalue weighted by Crippen LogP contribution is -2.18. The Bertz CT molecular complexity index is 320. The minimum absolute atomic E-state index is 0.170. The van der Waals surface area contributed by atoms with Gasteiger partial charge < -0.3 is 5.32 Å². The summed E-state index contributed by atoms with van der Waals surface area (Å²) in [5.74, 6) is 0.455. The van der Waals surface area contributed by atoms with Crippen LogP contribution in [0.5, 0.6) is 0 Å². The van der Waals surface area contributed by atoms with Gasteiger partial charge in [-0.05, 0) is 43.9 Å². The summed E-state index contributed by atoms with van der Waals surface area (Å²) in [6.07, 6.45) is 1.05. The fourth-order valence-corrected chi connectivity index (χ4v) is 1.78. The van der Waals surface area contributed by atoms with Crippen molar-refractivity contribution in [2.24, 2.45) is 5.92 Å². The first-order chi connectivity index (χ1) is 6.99. The van der Waals surface area contributed by atoms with Crippen molar-refractivity contribution in [2.75, 3.05) is 5.32 Å². The van der Waals surface area contributed by atoms with Gasteiger partial charge in [0, 0.05) is 6.04 Å². The van der Waals surface area contributed by atoms with Crippen molar-refractivity contribution in [1.82, 2.24) is 0 Å². The van der Waals surface area contributed by atoms with Crippen LogP contribution >= 0.6 is 0 Å². The number of benzene rings is 1. The van der Waals surface area contributed by atoms with Crippen molar-refractivity contribution in [1.29, 1.82) is 0 Å². The Kier molecular flexibility index (Phi) is 4.13. The maximum absolute atomic E-state index is 13.4. The third kappa shape index (κ3) is 3.90. The Hall–Kier alpha value is -1.05. The molecule has 1 aromatic rings. The molecule has 15 heavy (non-hydrogen) atoms. The predicted octanol–water partition coefficient (Wildman–Crippen LogP) is 3.98. The van der Waals surface area contributed by atoms with Gasteiger partial charge in [-0.1, -0.05) is 19.9 Å². The van der Waals surface area contributed by atoms with Gasteiger partial charge >= 0.3 is 0 Å². The van der Waals surface area contributed by atoms with Crippen LogP contribution in [0.2, 0.25) is 0 Å². The van der Waals surface area contributed by atoms with Crippen LogP contribution in [0.25, 0.3) is 0 Å². The molecule has 0 radical (unpaired) electrons. The number of aryl methyl sites for hydroxylation is 1. The topological polar surface area (TPSA) is 12.0 Å². The molecule has 1 aromatic carbocycles. The summed E-state index contributed by atoms with van der Waals surface area (Å²) < 4.78 is 13.4. The Morgan fingerprint density at radius 2 is 1.93 bits per heavy atom. The van der Waals surface area contributed by atoms with Crippen LogP contribution in [0.3, 0.4) is 0 Å². The minimum atomic E-state index is -0.170. The molecular weight excluding hydrogens is 189 g/mol. The zero-order chi connectivity index (χ0) is 11.4. The maximum Gasteiger partial charge on any atom is 0.146 e. The maximum atomic E-state index is 13.4. The highest BCUT2D eigenvalue weighted by atomic mass is 19.1. The van der Waals surface area contributed by atoms with E-state index in [0.29, 0.717) is 17.6 Å². The summed E-state index contributed by atoms with van der Waals surface area (Å²) >= 11 is 0. The monoisotopic (exact) mass is 209 g/mol. The lowest BCUT2D eigenvalue weighted by atomic mass is 10.0. The first-order valence-corrected chi connectivity index (χ1v) is 5.51. The fraction of sp³-hybridized carbons (Fsp3) is 0.538. The standard InChI is InChI=1S/C13H20FN/c1-9(2)7-11(4)15-13-8-10(3)5-6-12(13)14/h5-6,8-9,11,15H,7H2,1-4H3. The SMILES string of the molecule is Cc1ccc(F)c(NC(C)CC(C)C)c1. The average molecular weight is 209 g/mol. The Morgan fingerprint density at radius 3 is 2.53 bits per heavy atom. The summed E-state index contributed by atoms with van der Waals surface area (Å²) in [5, 5.41) is 3.21. The van der Waals surface area contributed by atoms with Crippen LogP contribution in [0.1, 0.15) is 32.8 Å². The molecule has 2 heteroatoms. The Balaban J connectivity index is 2.67. The van der Waals surface area contributed by atoms with E-state index in [4.69, 9.17) is 0 Å². The van der Waals surface area contributed by atoms with Crippen molar-refractivity contribution >= 4 is 5.69 Å². The Morgan fingerprint density at radius 1 is 1.27 bits per heavy atom. The zero-order valence-electron chi connectivity index (χ0n) is 9.97. The fourth-order valence-electron chi connectivity index (χ4n) is 1.78. The number of hydrogen-bond donors (Lipinski definition) is 1. The number of hydrogen-bond acceptors (Lipinski definition) is 1. The number of rotatable bonds is 4. The summed E-state index contributed by atoms with van der Waals surface area (Å²) in [5.41, 5.74) is 1.69. The zero-order valence-corrected chi connectivity index (χ0v) is 9.97. The van der Waals surface area contributed by atoms with E-state index in [1.807, 2.05) is 13.0 Å². The molecule has 0 aromatic heterocycles. The first-order valence-electron chi connectivity index (χ1n) is 5.51. The molecule has 1 nitrogen and oxygen atoms in total. The summed E-state index contributed by atoms with van der Waals surface area (Å²) in [7, 11) is 0. The molecule has 1 rings (SSSR count). The van der Waals surface area contributed by atoms with Crippen molar-refractivity contribution in [3.8, 4) is 0 Å². The van der Waals surface area contributed by atoms with E-state index in [2.05, 4.69) is 26.1 Å². The summed E-state index contributed by atoms with van der Waals surface area (Å²) in [6, 6.07) is 5.46. The second-order valence-corrected chi connectivity index (χ2v) is 4.66. The van der Waals surface area contributed by atoms with Crippen LogP contribution in [-0.2, 0) is 0 Å². The first kappa shape index (κ1) is 12.0. The van der Waals surface area contributed by atoms with Gasteiger partial charge in [0.05, 0.1) is 5.69 Å². The molecule has 84 valence electrons. The Labute approximate surface area is 91.7 Å². The molecular formula is C13H20FN. The highest BCUT2D eigenvalue weighted by Crippen LogP contribution is 2.18. The summed E-state index contributed by atoms with van der Waals surface area (Å²) in [4.78, 5) is 0. The third-order valence-electron chi connectivity index (χ3n) is 2.35. The predicted molar refractivity (Wildman–Crippen MR) is 63.7 cm³/mol. The van der Waals surface area contributed by atoms with E-state index in [1.54, 1.807) is 6.07 Å². The van der Waals surface area contributed by atoms with Gasteiger partial charge in [-0.25, -0.2) is 4.39 Å². The molecule has 0 amide bonds. The van der Waals surface area contributed by atoms with E-state index >= 15 is 0 Å². The average Bonchev–Trinajstić information content (AvgIpc) is 2.10. The van der Waals surface area contributed by atoms with Crippen LogP contribution in [-0.4, -0.2) is 6.04 Å². The van der Waals surface area contributed by atoms with Crippen LogP contribution < -0.4 is 5.32 Å². The van der Waals surface area contributed by atoms with Gasteiger partial charge in [0.2, 0.25) is 0 Å². The van der Waals surface area contributed by atoms with E-state index in [9.17, 15) is 4.39 Å². The minimum Gasteiger partial charge on any atom is -0.380 e. The van der Waals surface area contributed by atoms with Gasteiger partial charge in [0.25, 0.3) is 0 Å². The van der Waals surface area contributed by atoms with Crippen LogP contribution in [0.15, 0.2) is 18.2 Å². The molecule has 0 aliphatic carbocycles. The molecule has 0 spiro atoms. The van der Waals surface area contributed by atoms with E-state index in [-0.39, 0.29) is 5.82 Å². The van der Waals surface area contributed by atoms with Crippen LogP contribution in [0.4, 0.5) is 10.1 Å². The van der Waals surface area contributed by atoms with E-state index in [1.165, 1.54) is 6.07 Å².